The Morgan fingerprint density at radius 1 is 1.16 bits per heavy atom. The van der Waals surface area contributed by atoms with Crippen LogP contribution in [-0.4, -0.2) is 62.4 Å². The molecule has 3 fully saturated rings. The van der Waals surface area contributed by atoms with Crippen molar-refractivity contribution in [3.05, 3.63) is 11.6 Å². The van der Waals surface area contributed by atoms with Crippen molar-refractivity contribution in [2.75, 3.05) is 19.0 Å². The van der Waals surface area contributed by atoms with Crippen LogP contribution in [0.25, 0.3) is 11.2 Å². The number of phosphoric acid groups is 1. The van der Waals surface area contributed by atoms with Crippen LogP contribution in [0.3, 0.4) is 0 Å². The van der Waals surface area contributed by atoms with E-state index in [0.29, 0.717) is 17.0 Å². The van der Waals surface area contributed by atoms with Crippen LogP contribution >= 0.6 is 19.4 Å². The molecule has 2 aromatic rings. The van der Waals surface area contributed by atoms with Crippen LogP contribution in [0.5, 0.6) is 0 Å². The minimum atomic E-state index is -3.90. The van der Waals surface area contributed by atoms with Crippen molar-refractivity contribution in [2.45, 2.75) is 97.0 Å². The second kappa shape index (κ2) is 8.58. The van der Waals surface area contributed by atoms with E-state index in [4.69, 9.17) is 34.6 Å². The number of phosphoric ester groups is 1. The number of aromatic nitrogens is 4. The maximum absolute atomic E-state index is 13.8. The summed E-state index contributed by atoms with van der Waals surface area (Å²) in [5.41, 5.74) is -0.644. The molecule has 0 unspecified atom stereocenters. The van der Waals surface area contributed by atoms with E-state index in [9.17, 15) is 4.57 Å². The monoisotopic (exact) mass is 557 g/mol. The third kappa shape index (κ3) is 5.04. The average Bonchev–Trinajstić information content (AvgIpc) is 2.99. The summed E-state index contributed by atoms with van der Waals surface area (Å²) >= 11 is 6.24. The van der Waals surface area contributed by atoms with Gasteiger partial charge in [-0.2, -0.15) is 9.97 Å². The van der Waals surface area contributed by atoms with Gasteiger partial charge in [0, 0.05) is 12.5 Å². The number of halogens is 1. The number of hydrogen-bond donors (Lipinski definition) is 1. The smallest absolute Gasteiger partial charge is 0.371 e. The van der Waals surface area contributed by atoms with Crippen LogP contribution in [0, 0.1) is 11.3 Å². The molecule has 0 amide bonds. The summed E-state index contributed by atoms with van der Waals surface area (Å²) in [4.78, 5) is 13.3. The van der Waals surface area contributed by atoms with Gasteiger partial charge in [0.15, 0.2) is 22.8 Å². The lowest BCUT2D eigenvalue weighted by molar-refractivity contribution is -0.163. The second-order valence-corrected chi connectivity index (χ2v) is 14.5. The van der Waals surface area contributed by atoms with Gasteiger partial charge in [-0.15, -0.1) is 0 Å². The first-order valence-electron chi connectivity index (χ1n) is 12.6. The van der Waals surface area contributed by atoms with E-state index in [0.717, 1.165) is 6.42 Å². The molecule has 2 saturated carbocycles. The Morgan fingerprint density at radius 3 is 2.41 bits per heavy atom. The van der Waals surface area contributed by atoms with Crippen LogP contribution in [0.4, 0.5) is 5.82 Å². The van der Waals surface area contributed by atoms with Crippen molar-refractivity contribution in [3.8, 4) is 0 Å². The molecule has 0 aromatic carbocycles. The van der Waals surface area contributed by atoms with Gasteiger partial charge in [-0.3, -0.25) is 13.6 Å². The van der Waals surface area contributed by atoms with Gasteiger partial charge in [-0.25, -0.2) is 9.55 Å². The van der Waals surface area contributed by atoms with Crippen LogP contribution in [0.2, 0.25) is 5.28 Å². The molecule has 1 saturated heterocycles. The maximum atomic E-state index is 13.8. The van der Waals surface area contributed by atoms with Gasteiger partial charge in [0.05, 0.1) is 36.3 Å². The number of ether oxygens (including phenoxy) is 2. The highest BCUT2D eigenvalue weighted by Gasteiger charge is 2.76. The molecule has 0 bridgehead atoms. The van der Waals surface area contributed by atoms with Crippen LogP contribution in [0.15, 0.2) is 6.33 Å². The Hall–Kier alpha value is -1.33. The molecule has 3 heterocycles. The Morgan fingerprint density at radius 2 is 1.81 bits per heavy atom. The summed E-state index contributed by atoms with van der Waals surface area (Å²) in [6.45, 7) is 14.9. The Kier molecular flexibility index (Phi) is 6.32. The molecule has 1 N–H and O–H groups in total. The first-order valence-corrected chi connectivity index (χ1v) is 14.4. The first-order chi connectivity index (χ1) is 17.0. The van der Waals surface area contributed by atoms with E-state index in [2.05, 4.69) is 20.3 Å². The van der Waals surface area contributed by atoms with Crippen LogP contribution in [0.1, 0.15) is 67.9 Å². The van der Waals surface area contributed by atoms with Crippen molar-refractivity contribution < 1.29 is 27.6 Å². The Labute approximate surface area is 222 Å². The maximum Gasteiger partial charge on any atom is 0.475 e. The van der Waals surface area contributed by atoms with E-state index < -0.39 is 30.2 Å². The molecular formula is C24H37ClN5O6P. The van der Waals surface area contributed by atoms with E-state index in [1.165, 1.54) is 0 Å². The van der Waals surface area contributed by atoms with E-state index >= 15 is 0 Å². The normalized spacial score (nSPS) is 31.0. The summed E-state index contributed by atoms with van der Waals surface area (Å²) in [5, 5.41) is 3.16. The van der Waals surface area contributed by atoms with Gasteiger partial charge in [0.25, 0.3) is 0 Å². The number of hydrogen-bond acceptors (Lipinski definition) is 10. The van der Waals surface area contributed by atoms with Gasteiger partial charge in [0.2, 0.25) is 5.28 Å². The summed E-state index contributed by atoms with van der Waals surface area (Å²) < 4.78 is 46.4. The van der Waals surface area contributed by atoms with Crippen molar-refractivity contribution in [1.82, 2.24) is 19.5 Å². The number of nitrogens with zero attached hydrogens (tertiary/aromatic N) is 4. The molecular weight excluding hydrogens is 521 g/mol. The van der Waals surface area contributed by atoms with Gasteiger partial charge >= 0.3 is 7.82 Å². The molecule has 13 heteroatoms. The highest BCUT2D eigenvalue weighted by molar-refractivity contribution is 7.48. The first kappa shape index (κ1) is 27.2. The molecule has 1 aliphatic heterocycles. The minimum Gasteiger partial charge on any atom is -0.371 e. The zero-order chi connectivity index (χ0) is 27.2. The molecule has 0 radical (unpaired) electrons. The van der Waals surface area contributed by atoms with E-state index in [1.54, 1.807) is 13.4 Å². The molecule has 11 nitrogen and oxygen atoms in total. The fraction of sp³-hybridized carbons (Fsp3) is 0.792. The predicted molar refractivity (Wildman–Crippen MR) is 139 cm³/mol. The summed E-state index contributed by atoms with van der Waals surface area (Å²) in [5.74, 6) is -0.126. The van der Waals surface area contributed by atoms with Crippen molar-refractivity contribution in [1.29, 1.82) is 0 Å². The Balaban J connectivity index is 1.48. The van der Waals surface area contributed by atoms with Crippen molar-refractivity contribution >= 4 is 36.4 Å². The zero-order valence-corrected chi connectivity index (χ0v) is 24.5. The minimum absolute atomic E-state index is 0.112. The third-order valence-electron chi connectivity index (χ3n) is 6.84. The number of fused-ring (bicyclic) bond motifs is 4. The quantitative estimate of drug-likeness (QED) is 0.352. The van der Waals surface area contributed by atoms with Gasteiger partial charge in [-0.05, 0) is 79.3 Å². The van der Waals surface area contributed by atoms with Gasteiger partial charge < -0.3 is 19.4 Å². The fourth-order valence-electron chi connectivity index (χ4n) is 5.67. The summed E-state index contributed by atoms with van der Waals surface area (Å²) in [6, 6.07) is -0.137. The van der Waals surface area contributed by atoms with Crippen LogP contribution < -0.4 is 5.32 Å². The zero-order valence-electron chi connectivity index (χ0n) is 22.9. The van der Waals surface area contributed by atoms with Crippen LogP contribution in [-0.2, 0) is 27.6 Å². The predicted octanol–water partition coefficient (Wildman–Crippen LogP) is 5.36. The lowest BCUT2D eigenvalue weighted by atomic mass is 10.0. The number of rotatable bonds is 7. The number of anilines is 1. The SMILES string of the molecule is CNc1nc(Cl)nc2c1ncn2[C@H]1[C@@H]2OC(C)(C)O[C@@H]2[C@]2(COP(=O)(OC(C)(C)C)OC(C)(C)C)C[C@H]12. The number of imidazole rings is 1. The lowest BCUT2D eigenvalue weighted by Gasteiger charge is -2.32. The Bertz CT molecular complexity index is 1240. The molecule has 0 spiro atoms. The van der Waals surface area contributed by atoms with Gasteiger partial charge in [-0.1, -0.05) is 0 Å². The second-order valence-electron chi connectivity index (χ2n) is 12.6. The molecule has 37 heavy (non-hydrogen) atoms. The molecule has 2 aliphatic carbocycles. The standard InChI is InChI=1S/C24H37ClN5O6P/c1-21(2,3)35-37(31,36-22(4,5)6)32-11-24-10-13(24)15(16-17(24)34-23(7,8)33-16)30-12-27-14-18(26-9)28-20(25)29-19(14)30/h12-13,15-17H,10-11H2,1-9H3,(H,26,28,29)/t13-,15-,16+,17+,24+/m1/s1. The summed E-state index contributed by atoms with van der Waals surface area (Å²) in [7, 11) is -2.13. The molecule has 5 rings (SSSR count). The fourth-order valence-corrected chi connectivity index (χ4v) is 7.72. The van der Waals surface area contributed by atoms with Crippen molar-refractivity contribution in [2.24, 2.45) is 11.3 Å². The molecule has 2 aromatic heterocycles. The molecule has 3 aliphatic rings. The number of nitrogens with one attached hydrogen (secondary N) is 1. The topological polar surface area (TPSA) is 119 Å². The van der Waals surface area contributed by atoms with E-state index in [1.807, 2.05) is 60.0 Å². The summed E-state index contributed by atoms with van der Waals surface area (Å²) in [6.07, 6.45) is 1.97. The average molecular weight is 558 g/mol. The lowest BCUT2D eigenvalue weighted by Crippen LogP contribution is -2.34. The molecule has 5 atom stereocenters. The highest BCUT2D eigenvalue weighted by atomic mass is 35.5. The van der Waals surface area contributed by atoms with Crippen molar-refractivity contribution in [3.63, 3.8) is 0 Å². The molecule has 206 valence electrons. The third-order valence-corrected chi connectivity index (χ3v) is 8.99. The van der Waals surface area contributed by atoms with E-state index in [-0.39, 0.29) is 36.1 Å². The largest absolute Gasteiger partial charge is 0.475 e. The van der Waals surface area contributed by atoms with Gasteiger partial charge in [0.1, 0.15) is 6.10 Å². The highest BCUT2D eigenvalue weighted by Crippen LogP contribution is 2.73.